The number of hydrazine groups is 1. The zero-order chi connectivity index (χ0) is 21.3. The van der Waals surface area contributed by atoms with Crippen LogP contribution in [0.3, 0.4) is 0 Å². The standard InChI is InChI=1S/C22H21N5O3/c1-13-7-8-14(2)19(11-13)27-20(28)10-9-18(26-27)22(30)25-24-21(29)16-12-23-17-6-4-3-5-15(16)17/h3-8,11-12,23H,9-10H2,1-2H3,(H,24,29)(H,25,30). The number of benzene rings is 2. The molecule has 0 saturated carbocycles. The number of rotatable bonds is 3. The molecule has 0 fully saturated rings. The molecule has 0 unspecified atom stereocenters. The lowest BCUT2D eigenvalue weighted by molar-refractivity contribution is -0.119. The lowest BCUT2D eigenvalue weighted by Crippen LogP contribution is -2.47. The Labute approximate surface area is 172 Å². The van der Waals surface area contributed by atoms with Crippen molar-refractivity contribution < 1.29 is 14.4 Å². The molecular formula is C22H21N5O3. The highest BCUT2D eigenvalue weighted by atomic mass is 16.2. The van der Waals surface area contributed by atoms with Gasteiger partial charge in [-0.1, -0.05) is 30.3 Å². The number of aromatic nitrogens is 1. The Hall–Kier alpha value is -3.94. The molecule has 3 N–H and O–H groups in total. The number of aryl methyl sites for hydroxylation is 2. The quantitative estimate of drug-likeness (QED) is 0.585. The molecule has 2 heterocycles. The minimum Gasteiger partial charge on any atom is -0.360 e. The SMILES string of the molecule is Cc1ccc(C)c(N2N=C(C(=O)NNC(=O)c3c[nH]c4ccccc34)CCC2=O)c1. The van der Waals surface area contributed by atoms with Crippen LogP contribution in [0.15, 0.2) is 53.8 Å². The second-order valence-electron chi connectivity index (χ2n) is 7.20. The molecule has 2 aromatic carbocycles. The highest BCUT2D eigenvalue weighted by Crippen LogP contribution is 2.25. The van der Waals surface area contributed by atoms with Crippen molar-refractivity contribution >= 4 is 40.0 Å². The van der Waals surface area contributed by atoms with Gasteiger partial charge in [0, 0.05) is 29.9 Å². The zero-order valence-corrected chi connectivity index (χ0v) is 16.7. The van der Waals surface area contributed by atoms with Crippen LogP contribution in [0.4, 0.5) is 5.69 Å². The molecule has 0 radical (unpaired) electrons. The van der Waals surface area contributed by atoms with Gasteiger partial charge in [0.15, 0.2) is 0 Å². The Kier molecular flexibility index (Phi) is 5.05. The van der Waals surface area contributed by atoms with Gasteiger partial charge in [0.2, 0.25) is 5.91 Å². The van der Waals surface area contributed by atoms with Crippen LogP contribution in [0.1, 0.15) is 34.3 Å². The molecule has 3 amide bonds. The van der Waals surface area contributed by atoms with Gasteiger partial charge in [-0.15, -0.1) is 0 Å². The van der Waals surface area contributed by atoms with Crippen molar-refractivity contribution in [1.82, 2.24) is 15.8 Å². The van der Waals surface area contributed by atoms with Crippen molar-refractivity contribution in [2.24, 2.45) is 5.10 Å². The van der Waals surface area contributed by atoms with Crippen molar-refractivity contribution in [1.29, 1.82) is 0 Å². The number of nitrogens with one attached hydrogen (secondary N) is 3. The third kappa shape index (κ3) is 3.67. The molecule has 0 atom stereocenters. The van der Waals surface area contributed by atoms with Crippen LogP contribution in [-0.4, -0.2) is 28.4 Å². The van der Waals surface area contributed by atoms with Crippen LogP contribution < -0.4 is 15.9 Å². The molecule has 0 bridgehead atoms. The minimum atomic E-state index is -0.550. The predicted octanol–water partition coefficient (Wildman–Crippen LogP) is 2.73. The summed E-state index contributed by atoms with van der Waals surface area (Å²) < 4.78 is 0. The van der Waals surface area contributed by atoms with Gasteiger partial charge in [0.25, 0.3) is 11.8 Å². The molecular weight excluding hydrogens is 382 g/mol. The number of para-hydroxylation sites is 1. The maximum absolute atomic E-state index is 12.6. The van der Waals surface area contributed by atoms with E-state index in [4.69, 9.17) is 0 Å². The van der Waals surface area contributed by atoms with Crippen molar-refractivity contribution in [3.8, 4) is 0 Å². The first kappa shape index (κ1) is 19.4. The van der Waals surface area contributed by atoms with Crippen molar-refractivity contribution in [2.45, 2.75) is 26.7 Å². The second kappa shape index (κ2) is 7.82. The number of anilines is 1. The Morgan fingerprint density at radius 1 is 1.03 bits per heavy atom. The summed E-state index contributed by atoms with van der Waals surface area (Å²) in [5, 5.41) is 6.28. The third-order valence-electron chi connectivity index (χ3n) is 5.01. The minimum absolute atomic E-state index is 0.163. The maximum Gasteiger partial charge on any atom is 0.285 e. The van der Waals surface area contributed by atoms with Gasteiger partial charge in [-0.3, -0.25) is 25.2 Å². The monoisotopic (exact) mass is 403 g/mol. The number of hydrazone groups is 1. The number of H-pyrrole nitrogens is 1. The first-order valence-electron chi connectivity index (χ1n) is 9.58. The molecule has 8 nitrogen and oxygen atoms in total. The molecule has 0 saturated heterocycles. The van der Waals surface area contributed by atoms with Gasteiger partial charge >= 0.3 is 0 Å². The maximum atomic E-state index is 12.6. The number of carbonyl (C=O) groups is 3. The van der Waals surface area contributed by atoms with Crippen LogP contribution in [0.2, 0.25) is 0 Å². The summed E-state index contributed by atoms with van der Waals surface area (Å²) in [4.78, 5) is 40.4. The molecule has 4 rings (SSSR count). The van der Waals surface area contributed by atoms with E-state index in [2.05, 4.69) is 20.9 Å². The van der Waals surface area contributed by atoms with Gasteiger partial charge in [-0.25, -0.2) is 5.01 Å². The highest BCUT2D eigenvalue weighted by Gasteiger charge is 2.27. The van der Waals surface area contributed by atoms with Gasteiger partial charge in [-0.2, -0.15) is 5.10 Å². The van der Waals surface area contributed by atoms with Crippen LogP contribution in [-0.2, 0) is 9.59 Å². The Morgan fingerprint density at radius 3 is 2.63 bits per heavy atom. The molecule has 1 aliphatic rings. The molecule has 30 heavy (non-hydrogen) atoms. The predicted molar refractivity (Wildman–Crippen MR) is 114 cm³/mol. The molecule has 0 spiro atoms. The smallest absolute Gasteiger partial charge is 0.285 e. The number of fused-ring (bicyclic) bond motifs is 1. The fourth-order valence-electron chi connectivity index (χ4n) is 3.36. The highest BCUT2D eigenvalue weighted by molar-refractivity contribution is 6.40. The molecule has 8 heteroatoms. The molecule has 3 aromatic rings. The van der Waals surface area contributed by atoms with E-state index in [0.717, 1.165) is 22.0 Å². The summed E-state index contributed by atoms with van der Waals surface area (Å²) in [5.74, 6) is -1.17. The van der Waals surface area contributed by atoms with Crippen LogP contribution in [0, 0.1) is 13.8 Å². The van der Waals surface area contributed by atoms with Crippen molar-refractivity contribution in [2.75, 3.05) is 5.01 Å². The molecule has 1 aromatic heterocycles. The van der Waals surface area contributed by atoms with E-state index in [1.165, 1.54) is 5.01 Å². The Balaban J connectivity index is 1.49. The van der Waals surface area contributed by atoms with E-state index in [9.17, 15) is 14.4 Å². The number of nitrogens with zero attached hydrogens (tertiary/aromatic N) is 2. The van der Waals surface area contributed by atoms with Crippen LogP contribution in [0.25, 0.3) is 10.9 Å². The number of aromatic amines is 1. The first-order chi connectivity index (χ1) is 14.4. The average molecular weight is 403 g/mol. The lowest BCUT2D eigenvalue weighted by Gasteiger charge is -2.24. The van der Waals surface area contributed by atoms with E-state index in [1.54, 1.807) is 6.20 Å². The summed E-state index contributed by atoms with van der Waals surface area (Å²) >= 11 is 0. The van der Waals surface area contributed by atoms with Crippen molar-refractivity contribution in [3.63, 3.8) is 0 Å². The summed E-state index contributed by atoms with van der Waals surface area (Å²) in [6.07, 6.45) is 1.95. The van der Waals surface area contributed by atoms with Gasteiger partial charge in [-0.05, 0) is 37.1 Å². The van der Waals surface area contributed by atoms with Crippen molar-refractivity contribution in [3.05, 3.63) is 65.4 Å². The van der Waals surface area contributed by atoms with Gasteiger partial charge in [0.05, 0.1) is 11.3 Å². The third-order valence-corrected chi connectivity index (χ3v) is 5.01. The molecule has 0 aliphatic carbocycles. The number of carbonyl (C=O) groups excluding carboxylic acids is 3. The van der Waals surface area contributed by atoms with E-state index in [-0.39, 0.29) is 24.5 Å². The first-order valence-corrected chi connectivity index (χ1v) is 9.58. The average Bonchev–Trinajstić information content (AvgIpc) is 3.18. The van der Waals surface area contributed by atoms with Gasteiger partial charge in [0.1, 0.15) is 5.71 Å². The lowest BCUT2D eigenvalue weighted by atomic mass is 10.1. The summed E-state index contributed by atoms with van der Waals surface area (Å²) in [7, 11) is 0. The Bertz CT molecular complexity index is 1190. The Morgan fingerprint density at radius 2 is 1.80 bits per heavy atom. The second-order valence-corrected chi connectivity index (χ2v) is 7.20. The zero-order valence-electron chi connectivity index (χ0n) is 16.7. The molecule has 152 valence electrons. The van der Waals surface area contributed by atoms with Crippen LogP contribution >= 0.6 is 0 Å². The van der Waals surface area contributed by atoms with E-state index in [0.29, 0.717) is 11.3 Å². The topological polar surface area (TPSA) is 107 Å². The molecule has 1 aliphatic heterocycles. The largest absolute Gasteiger partial charge is 0.360 e. The van der Waals surface area contributed by atoms with E-state index >= 15 is 0 Å². The summed E-state index contributed by atoms with van der Waals surface area (Å²) in [6.45, 7) is 3.81. The van der Waals surface area contributed by atoms with Gasteiger partial charge < -0.3 is 4.98 Å². The van der Waals surface area contributed by atoms with E-state index < -0.39 is 11.8 Å². The summed E-state index contributed by atoms with van der Waals surface area (Å²) in [6, 6.07) is 13.1. The fraction of sp³-hybridized carbons (Fsp3) is 0.182. The van der Waals surface area contributed by atoms with Crippen LogP contribution in [0.5, 0.6) is 0 Å². The number of amides is 3. The fourth-order valence-corrected chi connectivity index (χ4v) is 3.36. The van der Waals surface area contributed by atoms with E-state index in [1.807, 2.05) is 56.3 Å². The number of hydrogen-bond donors (Lipinski definition) is 3. The number of hydrogen-bond acceptors (Lipinski definition) is 4. The summed E-state index contributed by atoms with van der Waals surface area (Å²) in [5.41, 5.74) is 8.75. The normalized spacial score (nSPS) is 13.9.